The van der Waals surface area contributed by atoms with Crippen LogP contribution in [0.1, 0.15) is 56.9 Å². The second-order valence-electron chi connectivity index (χ2n) is 14.1. The van der Waals surface area contributed by atoms with E-state index < -0.39 is 29.3 Å². The summed E-state index contributed by atoms with van der Waals surface area (Å²) >= 11 is 17.0. The number of nitrogens with zero attached hydrogens (tertiary/aromatic N) is 4. The summed E-state index contributed by atoms with van der Waals surface area (Å²) < 4.78 is 55.7. The molecule has 0 aliphatic rings. The zero-order valence-electron chi connectivity index (χ0n) is 34.2. The van der Waals surface area contributed by atoms with E-state index in [4.69, 9.17) is 9.98 Å². The van der Waals surface area contributed by atoms with Crippen LogP contribution in [-0.4, -0.2) is 21.9 Å². The first-order chi connectivity index (χ1) is 31.4. The van der Waals surface area contributed by atoms with Crippen LogP contribution in [0, 0.1) is 23.3 Å². The van der Waals surface area contributed by atoms with Crippen LogP contribution in [0.15, 0.2) is 210 Å². The number of hydrogen-bond donors (Lipinski definition) is 0. The van der Waals surface area contributed by atoms with Gasteiger partial charge in [-0.1, -0.05) is 137 Å². The Morgan fingerprint density at radius 2 is 0.938 bits per heavy atom. The van der Waals surface area contributed by atoms with Crippen molar-refractivity contribution in [2.24, 2.45) is 9.98 Å². The molecule has 0 N–H and O–H groups in total. The molecule has 13 heteroatoms. The van der Waals surface area contributed by atoms with Crippen molar-refractivity contribution in [2.75, 3.05) is 0 Å². The molecule has 0 saturated heterocycles. The van der Waals surface area contributed by atoms with E-state index in [0.717, 1.165) is 59.3 Å². The lowest BCUT2D eigenvalue weighted by molar-refractivity contribution is 0.575. The van der Waals surface area contributed by atoms with E-state index in [2.05, 4.69) is 114 Å². The van der Waals surface area contributed by atoms with Crippen molar-refractivity contribution in [3.05, 3.63) is 268 Å². The number of alkyl halides is 1. The van der Waals surface area contributed by atoms with E-state index >= 15 is 0 Å². The summed E-state index contributed by atoms with van der Waals surface area (Å²) in [5, 5.41) is 0.474. The average Bonchev–Trinajstić information content (AvgIpc) is 3.31. The zero-order valence-corrected chi connectivity index (χ0v) is 42.1. The Morgan fingerprint density at radius 3 is 1.42 bits per heavy atom. The van der Waals surface area contributed by atoms with Gasteiger partial charge in [0.1, 0.15) is 32.5 Å². The Labute approximate surface area is 417 Å². The number of halogens is 9. The van der Waals surface area contributed by atoms with Crippen LogP contribution >= 0.6 is 79.6 Å². The highest BCUT2D eigenvalue weighted by Crippen LogP contribution is 2.32. The third kappa shape index (κ3) is 15.3. The first-order valence-electron chi connectivity index (χ1n) is 19.9. The lowest BCUT2D eigenvalue weighted by atomic mass is 9.99. The van der Waals surface area contributed by atoms with Crippen LogP contribution in [0.4, 0.5) is 17.6 Å². The van der Waals surface area contributed by atoms with Gasteiger partial charge in [0, 0.05) is 50.2 Å². The number of benzene rings is 6. The minimum absolute atomic E-state index is 0.0509. The van der Waals surface area contributed by atoms with Crippen molar-refractivity contribution in [1.82, 2.24) is 9.97 Å². The molecule has 0 aliphatic heterocycles. The molecule has 0 spiro atoms. The van der Waals surface area contributed by atoms with Crippen LogP contribution in [0.25, 0.3) is 0 Å². The predicted octanol–water partition coefficient (Wildman–Crippen LogP) is 16.4. The summed E-state index contributed by atoms with van der Waals surface area (Å²) in [6, 6.07) is 54.3. The molecule has 0 saturated carbocycles. The zero-order chi connectivity index (χ0) is 46.1. The lowest BCUT2D eigenvalue weighted by Crippen LogP contribution is -2.11. The van der Waals surface area contributed by atoms with Crippen molar-refractivity contribution in [3.63, 3.8) is 0 Å². The number of aliphatic imine (C=N–C) groups is 2. The Morgan fingerprint density at radius 1 is 0.508 bits per heavy atom. The van der Waals surface area contributed by atoms with Gasteiger partial charge in [0.15, 0.2) is 0 Å². The van der Waals surface area contributed by atoms with Gasteiger partial charge < -0.3 is 0 Å². The van der Waals surface area contributed by atoms with E-state index in [-0.39, 0.29) is 12.5 Å². The summed E-state index contributed by atoms with van der Waals surface area (Å²) in [6.07, 6.45) is 2.10. The lowest BCUT2D eigenvalue weighted by Gasteiger charge is -2.18. The molecule has 0 radical (unpaired) electrons. The third-order valence-electron chi connectivity index (χ3n) is 9.38. The summed E-state index contributed by atoms with van der Waals surface area (Å²) in [5.41, 5.74) is 7.57. The van der Waals surface area contributed by atoms with Crippen molar-refractivity contribution >= 4 is 91.6 Å². The fourth-order valence-electron chi connectivity index (χ4n) is 6.48. The number of hydrogen-bond acceptors (Lipinski definition) is 4. The van der Waals surface area contributed by atoms with Gasteiger partial charge in [0.25, 0.3) is 0 Å². The Balaban J connectivity index is 0.000000184. The molecule has 1 atom stereocenters. The molecular formula is C52H37Br5F4N4. The molecule has 8 rings (SSSR count). The molecule has 328 valence electrons. The minimum Gasteiger partial charge on any atom is -0.278 e. The van der Waals surface area contributed by atoms with Gasteiger partial charge in [-0.25, -0.2) is 27.5 Å². The highest BCUT2D eigenvalue weighted by atomic mass is 79.9. The highest BCUT2D eigenvalue weighted by molar-refractivity contribution is 9.11. The minimum atomic E-state index is -0.615. The van der Waals surface area contributed by atoms with Crippen LogP contribution in [0.3, 0.4) is 0 Å². The molecular weight excluding hydrogens is 1160 g/mol. The molecule has 4 nitrogen and oxygen atoms in total. The molecule has 0 aliphatic carbocycles. The van der Waals surface area contributed by atoms with Gasteiger partial charge in [-0.15, -0.1) is 0 Å². The first-order valence-corrected chi connectivity index (χ1v) is 24.2. The molecule has 2 heterocycles. The maximum absolute atomic E-state index is 13.9. The SMILES string of the molecule is Brc1ccc(Br)c(C=NC(c2ccccc2)c2ccccc2)n1.Fc1cc(F)cc(CBr)c1.Fc1cc(F)cc(CC(N=C(c2ccccc2)c2ccccc2)c2nc(Br)ccc2Br)c1. The molecule has 0 bridgehead atoms. The highest BCUT2D eigenvalue weighted by Gasteiger charge is 2.20. The van der Waals surface area contributed by atoms with Crippen molar-refractivity contribution < 1.29 is 17.6 Å². The Hall–Kier alpha value is -4.92. The standard InChI is InChI=1S/C26H18Br2F2N2.C19H14Br2N2.C7H5BrF2/c27-22-11-12-24(28)32-26(22)23(15-17-13-20(29)16-21(30)14-17)31-25(18-7-3-1-4-8-18)19-9-5-2-6-10-19;20-16-11-12-18(21)23-17(16)13-22-19(14-7-3-1-4-8-14)15-9-5-2-6-10-15;8-4-5-1-6(9)3-7(10)2-5/h1-14,16,23H,15H2;1-13,19H;1-3H,4H2. The molecule has 1 unspecified atom stereocenters. The fraction of sp³-hybridized carbons (Fsp3) is 0.0769. The van der Waals surface area contributed by atoms with Gasteiger partial charge in [0.2, 0.25) is 0 Å². The predicted molar refractivity (Wildman–Crippen MR) is 272 cm³/mol. The van der Waals surface area contributed by atoms with Gasteiger partial charge in [-0.3, -0.25) is 9.98 Å². The summed E-state index contributed by atoms with van der Waals surface area (Å²) in [4.78, 5) is 19.0. The van der Waals surface area contributed by atoms with Gasteiger partial charge in [-0.2, -0.15) is 0 Å². The molecule has 6 aromatic carbocycles. The smallest absolute Gasteiger partial charge is 0.126 e. The van der Waals surface area contributed by atoms with Gasteiger partial charge in [-0.05, 0) is 135 Å². The molecule has 0 fully saturated rings. The quantitative estimate of drug-likeness (QED) is 0.0561. The first kappa shape index (κ1) is 49.5. The molecule has 2 aromatic heterocycles. The average molecular weight is 1190 g/mol. The fourth-order valence-corrected chi connectivity index (χ4v) is 8.26. The van der Waals surface area contributed by atoms with Gasteiger partial charge in [0.05, 0.1) is 29.2 Å². The second-order valence-corrected chi connectivity index (χ2v) is 18.0. The topological polar surface area (TPSA) is 50.5 Å². The van der Waals surface area contributed by atoms with Crippen LogP contribution in [0.2, 0.25) is 0 Å². The van der Waals surface area contributed by atoms with Crippen molar-refractivity contribution in [3.8, 4) is 0 Å². The maximum atomic E-state index is 13.9. The Bertz CT molecular complexity index is 2720. The van der Waals surface area contributed by atoms with E-state index in [0.29, 0.717) is 26.8 Å². The van der Waals surface area contributed by atoms with E-state index in [1.807, 2.05) is 128 Å². The molecule has 65 heavy (non-hydrogen) atoms. The number of rotatable bonds is 11. The van der Waals surface area contributed by atoms with Crippen LogP contribution < -0.4 is 0 Å². The largest absolute Gasteiger partial charge is 0.278 e. The summed E-state index contributed by atoms with van der Waals surface area (Å²) in [6.45, 7) is 0. The normalized spacial score (nSPS) is 11.3. The summed E-state index contributed by atoms with van der Waals surface area (Å²) in [7, 11) is 0. The van der Waals surface area contributed by atoms with Gasteiger partial charge >= 0.3 is 0 Å². The van der Waals surface area contributed by atoms with E-state index in [1.54, 1.807) is 0 Å². The third-order valence-corrected chi connectivity index (χ3v) is 12.2. The van der Waals surface area contributed by atoms with E-state index in [1.165, 1.54) is 24.3 Å². The van der Waals surface area contributed by atoms with Crippen LogP contribution in [0.5, 0.6) is 0 Å². The Kier molecular flexibility index (Phi) is 19.1. The van der Waals surface area contributed by atoms with Crippen molar-refractivity contribution in [1.29, 1.82) is 0 Å². The summed E-state index contributed by atoms with van der Waals surface area (Å²) in [5.74, 6) is -2.30. The number of pyridine rings is 2. The van der Waals surface area contributed by atoms with E-state index in [9.17, 15) is 17.6 Å². The van der Waals surface area contributed by atoms with Crippen molar-refractivity contribution in [2.45, 2.75) is 23.8 Å². The number of aromatic nitrogens is 2. The monoisotopic (exact) mass is 1190 g/mol. The second kappa shape index (κ2) is 25.1. The van der Waals surface area contributed by atoms with Crippen LogP contribution in [-0.2, 0) is 11.8 Å². The molecule has 0 amide bonds. The molecule has 8 aromatic rings. The maximum Gasteiger partial charge on any atom is 0.126 e.